The number of amides is 1. The van der Waals surface area contributed by atoms with Crippen molar-refractivity contribution < 1.29 is 14.3 Å². The minimum absolute atomic E-state index is 0. The Bertz CT molecular complexity index is 588. The van der Waals surface area contributed by atoms with Crippen LogP contribution < -0.4 is 25.4 Å². The molecule has 0 radical (unpaired) electrons. The van der Waals surface area contributed by atoms with Gasteiger partial charge in [0.2, 0.25) is 5.91 Å². The van der Waals surface area contributed by atoms with Gasteiger partial charge in [0.1, 0.15) is 17.6 Å². The lowest BCUT2D eigenvalue weighted by molar-refractivity contribution is -0.122. The van der Waals surface area contributed by atoms with Crippen LogP contribution in [0.25, 0.3) is 0 Å². The summed E-state index contributed by atoms with van der Waals surface area (Å²) < 4.78 is 11.1. The Morgan fingerprint density at radius 1 is 1.42 bits per heavy atom. The van der Waals surface area contributed by atoms with Crippen molar-refractivity contribution in [3.63, 3.8) is 0 Å². The summed E-state index contributed by atoms with van der Waals surface area (Å²) >= 11 is 0. The smallest absolute Gasteiger partial charge is 0.220 e. The molecule has 26 heavy (non-hydrogen) atoms. The number of halogens is 1. The first-order valence-corrected chi connectivity index (χ1v) is 8.73. The molecule has 8 heteroatoms. The zero-order valence-corrected chi connectivity index (χ0v) is 17.9. The monoisotopic (exact) mass is 476 g/mol. The maximum atomic E-state index is 11.2. The number of ether oxygens (including phenoxy) is 2. The number of guanidine groups is 1. The second kappa shape index (κ2) is 11.8. The molecule has 1 heterocycles. The van der Waals surface area contributed by atoms with Crippen molar-refractivity contribution >= 4 is 35.8 Å². The first kappa shape index (κ1) is 22.3. The van der Waals surface area contributed by atoms with Crippen LogP contribution in [-0.4, -0.2) is 50.8 Å². The maximum Gasteiger partial charge on any atom is 0.220 e. The van der Waals surface area contributed by atoms with Gasteiger partial charge in [0.15, 0.2) is 5.96 Å². The summed E-state index contributed by atoms with van der Waals surface area (Å²) in [7, 11) is 1.63. The molecule has 1 aliphatic rings. The highest BCUT2D eigenvalue weighted by molar-refractivity contribution is 14.0. The molecule has 1 amide bonds. The molecule has 0 bridgehead atoms. The van der Waals surface area contributed by atoms with Crippen LogP contribution in [0.5, 0.6) is 11.5 Å². The van der Waals surface area contributed by atoms with E-state index >= 15 is 0 Å². The quantitative estimate of drug-likeness (QED) is 0.318. The predicted octanol–water partition coefficient (Wildman–Crippen LogP) is 1.91. The van der Waals surface area contributed by atoms with Gasteiger partial charge in [-0.3, -0.25) is 4.79 Å². The standard InChI is InChI=1S/C18H28N4O3.HI/c1-4-19-18(22-14-8-9-17(23)20-12-14)21-11-13(2)25-16-7-5-6-15(10-16)24-3;/h5-7,10,13-14H,4,8-9,11-12H2,1-3H3,(H,20,23)(H2,19,21,22);1H. The number of nitrogens with one attached hydrogen (secondary N) is 3. The molecule has 0 aromatic heterocycles. The zero-order chi connectivity index (χ0) is 18.1. The first-order valence-electron chi connectivity index (χ1n) is 8.73. The van der Waals surface area contributed by atoms with Crippen molar-refractivity contribution in [3.8, 4) is 11.5 Å². The van der Waals surface area contributed by atoms with E-state index in [1.807, 2.05) is 38.1 Å². The van der Waals surface area contributed by atoms with Gasteiger partial charge < -0.3 is 25.4 Å². The van der Waals surface area contributed by atoms with E-state index in [1.54, 1.807) is 7.11 Å². The lowest BCUT2D eigenvalue weighted by Crippen LogP contribution is -2.51. The summed E-state index contributed by atoms with van der Waals surface area (Å²) in [5.74, 6) is 2.38. The molecule has 2 rings (SSSR count). The number of benzene rings is 1. The Morgan fingerprint density at radius 2 is 2.19 bits per heavy atom. The van der Waals surface area contributed by atoms with Gasteiger partial charge in [0.25, 0.3) is 0 Å². The second-order valence-corrected chi connectivity index (χ2v) is 6.01. The molecule has 0 saturated carbocycles. The van der Waals surface area contributed by atoms with Crippen molar-refractivity contribution in [2.75, 3.05) is 26.7 Å². The molecule has 0 aliphatic carbocycles. The Hall–Kier alpha value is -1.71. The molecule has 2 unspecified atom stereocenters. The average molecular weight is 476 g/mol. The summed E-state index contributed by atoms with van der Waals surface area (Å²) in [4.78, 5) is 15.8. The van der Waals surface area contributed by atoms with Crippen LogP contribution in [0, 0.1) is 0 Å². The number of rotatable bonds is 7. The highest BCUT2D eigenvalue weighted by atomic mass is 127. The van der Waals surface area contributed by atoms with Crippen molar-refractivity contribution in [2.24, 2.45) is 4.99 Å². The van der Waals surface area contributed by atoms with E-state index < -0.39 is 0 Å². The van der Waals surface area contributed by atoms with Gasteiger partial charge in [-0.25, -0.2) is 4.99 Å². The fraction of sp³-hybridized carbons (Fsp3) is 0.556. The number of methoxy groups -OCH3 is 1. The molecule has 0 spiro atoms. The van der Waals surface area contributed by atoms with Crippen LogP contribution in [0.4, 0.5) is 0 Å². The van der Waals surface area contributed by atoms with E-state index in [-0.39, 0.29) is 42.0 Å². The van der Waals surface area contributed by atoms with Crippen LogP contribution in [0.2, 0.25) is 0 Å². The van der Waals surface area contributed by atoms with Crippen molar-refractivity contribution in [1.29, 1.82) is 0 Å². The average Bonchev–Trinajstić information content (AvgIpc) is 2.62. The Morgan fingerprint density at radius 3 is 2.85 bits per heavy atom. The molecule has 1 fully saturated rings. The van der Waals surface area contributed by atoms with E-state index in [0.717, 1.165) is 30.4 Å². The summed E-state index contributed by atoms with van der Waals surface area (Å²) in [6, 6.07) is 7.73. The van der Waals surface area contributed by atoms with Gasteiger partial charge in [-0.15, -0.1) is 24.0 Å². The molecular formula is C18H29IN4O3. The fourth-order valence-electron chi connectivity index (χ4n) is 2.53. The van der Waals surface area contributed by atoms with Crippen molar-refractivity contribution in [3.05, 3.63) is 24.3 Å². The lowest BCUT2D eigenvalue weighted by Gasteiger charge is -2.25. The number of nitrogens with zero attached hydrogens (tertiary/aromatic N) is 1. The van der Waals surface area contributed by atoms with Crippen LogP contribution in [0.15, 0.2) is 29.3 Å². The van der Waals surface area contributed by atoms with E-state index in [9.17, 15) is 4.79 Å². The van der Waals surface area contributed by atoms with Crippen molar-refractivity contribution in [2.45, 2.75) is 38.8 Å². The van der Waals surface area contributed by atoms with Crippen molar-refractivity contribution in [1.82, 2.24) is 16.0 Å². The van der Waals surface area contributed by atoms with Gasteiger partial charge in [-0.1, -0.05) is 6.07 Å². The van der Waals surface area contributed by atoms with Crippen LogP contribution in [0.3, 0.4) is 0 Å². The summed E-state index contributed by atoms with van der Waals surface area (Å²) in [6.45, 7) is 5.92. The fourth-order valence-corrected chi connectivity index (χ4v) is 2.53. The Kier molecular flexibility index (Phi) is 10.2. The lowest BCUT2D eigenvalue weighted by atomic mass is 10.1. The number of carbonyl (C=O) groups is 1. The third kappa shape index (κ3) is 7.67. The molecule has 1 saturated heterocycles. The molecule has 1 aromatic rings. The molecular weight excluding hydrogens is 447 g/mol. The second-order valence-electron chi connectivity index (χ2n) is 6.01. The SMILES string of the molecule is CCNC(=NCC(C)Oc1cccc(OC)c1)NC1CCC(=O)NC1.I. The molecule has 146 valence electrons. The van der Waals surface area contributed by atoms with E-state index in [2.05, 4.69) is 20.9 Å². The first-order chi connectivity index (χ1) is 12.1. The topological polar surface area (TPSA) is 84.0 Å². The van der Waals surface area contributed by atoms with Gasteiger partial charge >= 0.3 is 0 Å². The van der Waals surface area contributed by atoms with Gasteiger partial charge in [-0.05, 0) is 32.4 Å². The summed E-state index contributed by atoms with van der Waals surface area (Å²) in [5, 5.41) is 9.46. The number of piperidine rings is 1. The molecule has 2 atom stereocenters. The van der Waals surface area contributed by atoms with Crippen LogP contribution >= 0.6 is 24.0 Å². The van der Waals surface area contributed by atoms with Gasteiger partial charge in [-0.2, -0.15) is 0 Å². The minimum Gasteiger partial charge on any atom is -0.497 e. The highest BCUT2D eigenvalue weighted by Crippen LogP contribution is 2.19. The van der Waals surface area contributed by atoms with Crippen LogP contribution in [0.1, 0.15) is 26.7 Å². The third-order valence-electron chi connectivity index (χ3n) is 3.84. The number of aliphatic imine (C=N–C) groups is 1. The summed E-state index contributed by atoms with van der Waals surface area (Å²) in [6.07, 6.45) is 1.28. The normalized spacial score (nSPS) is 18.2. The molecule has 3 N–H and O–H groups in total. The third-order valence-corrected chi connectivity index (χ3v) is 3.84. The summed E-state index contributed by atoms with van der Waals surface area (Å²) in [5.41, 5.74) is 0. The Labute approximate surface area is 172 Å². The van der Waals surface area contributed by atoms with Crippen LogP contribution in [-0.2, 0) is 4.79 Å². The number of hydrogen-bond acceptors (Lipinski definition) is 4. The number of carbonyl (C=O) groups excluding carboxylic acids is 1. The largest absolute Gasteiger partial charge is 0.497 e. The van der Waals surface area contributed by atoms with E-state index in [0.29, 0.717) is 19.5 Å². The van der Waals surface area contributed by atoms with E-state index in [4.69, 9.17) is 9.47 Å². The Balaban J connectivity index is 0.00000338. The molecule has 7 nitrogen and oxygen atoms in total. The molecule has 1 aromatic carbocycles. The molecule has 1 aliphatic heterocycles. The van der Waals surface area contributed by atoms with Gasteiger partial charge in [0.05, 0.1) is 13.7 Å². The number of hydrogen-bond donors (Lipinski definition) is 3. The predicted molar refractivity (Wildman–Crippen MR) is 114 cm³/mol. The van der Waals surface area contributed by atoms with Gasteiger partial charge in [0, 0.05) is 31.6 Å². The van der Waals surface area contributed by atoms with E-state index in [1.165, 1.54) is 0 Å². The zero-order valence-electron chi connectivity index (χ0n) is 15.6. The minimum atomic E-state index is -0.0754. The highest BCUT2D eigenvalue weighted by Gasteiger charge is 2.18. The maximum absolute atomic E-state index is 11.2.